The minimum atomic E-state index is -0.0301. The molecule has 0 unspecified atom stereocenters. The number of benzene rings is 11. The zero-order chi connectivity index (χ0) is 95.2. The molecule has 11 aromatic rings. The standard InChI is InChI=1S/C14H12N2O.C12H15N3O.C9H10N2O2.4C9H10N2O.C8H7BrN2O.C8H7ClN2O.C8H8N2O.CO2/c15-12-6-10-7-14(17)16-13(10)8-11(12)9-4-2-1-3-5-9;13-9-7-10-8(6-12(16)14-10)5-11(9)15-3-1-2-4-15;1-13-8-3-5(10)2-7-6(8)4-9(12)11-7;2*1-5-2-6-3-9(12)11-8(6)4-7(5)10;2*1-11-8-5-7(10)3-2-6(8)4-9(11)12;9-6-3-5(10)1-4-2-7(12)11-8(4)6;9-8-4-3-7(12)11-6(4)2-1-5(8)10;9-6-2-1-5-3-8(11)10-7(5)4-6;2-1-3/h1-6,8H,7,15H2,(H,16,17);5,7H,1-4,6,13H2,(H,14,16);2-3H,4,10H2,1H3,(H,11,12);2*2,4H,3,10H2,1H3,(H,11,12);2*2-3,5H,4,10H2,1H3;1,3H,2,10H2,(H,11,12);1-2H,3,10H2,(H,11,12);1-2,4H,3,9H2,(H,10,11);. The number of halogens is 2. The fourth-order valence-electron chi connectivity index (χ4n) is 15.8. The summed E-state index contributed by atoms with van der Waals surface area (Å²) in [7, 11) is 5.11. The molecule has 1 fully saturated rings. The number of likely N-dealkylation sites (N-methyl/N-ethyl adjacent to an activating group) is 2. The Hall–Kier alpha value is -16.1. The number of nitrogen functional groups attached to an aromatic ring is 10. The van der Waals surface area contributed by atoms with Gasteiger partial charge in [-0.25, -0.2) is 0 Å². The highest BCUT2D eigenvalue weighted by Gasteiger charge is 2.30. The van der Waals surface area contributed by atoms with E-state index < -0.39 is 0 Å². The van der Waals surface area contributed by atoms with E-state index in [-0.39, 0.29) is 65.2 Å². The van der Waals surface area contributed by atoms with Crippen molar-refractivity contribution in [2.24, 2.45) is 0 Å². The lowest BCUT2D eigenvalue weighted by Gasteiger charge is -2.20. The second-order valence-electron chi connectivity index (χ2n) is 32.1. The maximum Gasteiger partial charge on any atom is 0.373 e. The van der Waals surface area contributed by atoms with Gasteiger partial charge in [0.05, 0.1) is 105 Å². The van der Waals surface area contributed by atoms with Crippen LogP contribution in [0.2, 0.25) is 5.02 Å². The lowest BCUT2D eigenvalue weighted by atomic mass is 10.0. The number of rotatable bonds is 3. The highest BCUT2D eigenvalue weighted by atomic mass is 79.9. The first-order chi connectivity index (χ1) is 62.9. The molecule has 11 aromatic carbocycles. The number of hydrogen-bond donors (Lipinski definition) is 18. The number of ether oxygens (including phenoxy) is 1. The first kappa shape index (κ1) is 95.0. The first-order valence-corrected chi connectivity index (χ1v) is 42.7. The molecule has 36 heteroatoms. The van der Waals surface area contributed by atoms with Crippen LogP contribution in [-0.4, -0.2) is 99.5 Å². The monoisotopic (exact) mass is 1870 g/mol. The maximum atomic E-state index is 11.3. The van der Waals surface area contributed by atoms with Crippen LogP contribution >= 0.6 is 27.5 Å². The molecular weight excluding hydrogens is 1770 g/mol. The second-order valence-corrected chi connectivity index (χ2v) is 33.3. The Balaban J connectivity index is 0.000000132. The van der Waals surface area contributed by atoms with Gasteiger partial charge in [-0.2, -0.15) is 9.59 Å². The SMILES string of the molecule is CN1C(=O)Cc2ccc(N)cc21.CN1C(=O)Cc2ccc(N)cc21.COc1cc(N)cc2c1CC(=O)N2.Cc1cc2c(cc1N)NC(=O)C2.Cc1cc2c(cc1N)NC(=O)C2.Nc1cc(Br)c2c(c1)CC(=O)N2.Nc1cc2c(cc1-c1ccccc1)NC(=O)C2.Nc1cc2c(cc1N1CCCC1)CC(=O)N2.Nc1ccc2c(c1)NC(=O)C2.Nc1ccc2c(c1Cl)CC(=O)N2.O=C=O. The van der Waals surface area contributed by atoms with Gasteiger partial charge in [0, 0.05) is 145 Å². The molecule has 0 aromatic heterocycles. The van der Waals surface area contributed by atoms with Gasteiger partial charge < -0.3 is 119 Å². The van der Waals surface area contributed by atoms with E-state index in [0.29, 0.717) is 115 Å². The fraction of sp³-hybridized carbons (Fsp3) is 0.198. The number of carbonyl (C=O) groups is 10. The molecule has 28 N–H and O–H groups in total. The largest absolute Gasteiger partial charge is 0.496 e. The number of nitrogens with zero attached hydrogens (tertiary/aromatic N) is 3. The molecule has 11 aliphatic heterocycles. The van der Waals surface area contributed by atoms with Crippen LogP contribution in [0.4, 0.5) is 119 Å². The summed E-state index contributed by atoms with van der Waals surface area (Å²) in [6.45, 7) is 6.03. The average Bonchev–Trinajstić information content (AvgIpc) is 1.55. The third-order valence-corrected chi connectivity index (χ3v) is 23.5. The van der Waals surface area contributed by atoms with Gasteiger partial charge in [-0.1, -0.05) is 72.3 Å². The Bertz CT molecular complexity index is 6290. The number of aryl methyl sites for hydroxylation is 2. The van der Waals surface area contributed by atoms with Crippen LogP contribution in [0.15, 0.2) is 174 Å². The molecular formula is C96H99BrClN21O13. The van der Waals surface area contributed by atoms with Gasteiger partial charge in [0.2, 0.25) is 59.1 Å². The van der Waals surface area contributed by atoms with Crippen LogP contribution in [0.5, 0.6) is 5.75 Å². The van der Waals surface area contributed by atoms with Gasteiger partial charge in [0.1, 0.15) is 5.75 Å². The van der Waals surface area contributed by atoms with Crippen molar-refractivity contribution in [2.45, 2.75) is 90.9 Å². The Morgan fingerprint density at radius 1 is 0.348 bits per heavy atom. The number of anilines is 21. The zero-order valence-corrected chi connectivity index (χ0v) is 75.1. The topological polar surface area (TPSA) is 580 Å². The lowest BCUT2D eigenvalue weighted by Crippen LogP contribution is -2.20. The van der Waals surface area contributed by atoms with Gasteiger partial charge in [-0.3, -0.25) is 47.9 Å². The third kappa shape index (κ3) is 23.4. The van der Waals surface area contributed by atoms with Crippen LogP contribution in [0.3, 0.4) is 0 Å². The molecule has 132 heavy (non-hydrogen) atoms. The number of carbonyl (C=O) groups excluding carboxylic acids is 12. The van der Waals surface area contributed by atoms with Crippen LogP contribution in [0.1, 0.15) is 79.6 Å². The number of nitrogens with two attached hydrogens (primary N) is 10. The molecule has 22 rings (SSSR count). The van der Waals surface area contributed by atoms with Crippen molar-refractivity contribution in [3.8, 4) is 16.9 Å². The maximum absolute atomic E-state index is 11.3. The number of methoxy groups -OCH3 is 1. The number of hydrogen-bond acceptors (Lipinski definition) is 24. The van der Waals surface area contributed by atoms with Crippen molar-refractivity contribution in [1.82, 2.24) is 0 Å². The summed E-state index contributed by atoms with van der Waals surface area (Å²) < 4.78 is 5.96. The van der Waals surface area contributed by atoms with Crippen LogP contribution in [0, 0.1) is 13.8 Å². The summed E-state index contributed by atoms with van der Waals surface area (Å²) in [5, 5.41) is 22.5. The molecule has 0 aliphatic carbocycles. The minimum absolute atomic E-state index is 0.0149. The van der Waals surface area contributed by atoms with Crippen LogP contribution in [-0.2, 0) is 122 Å². The van der Waals surface area contributed by atoms with Gasteiger partial charge in [0.25, 0.3) is 0 Å². The number of fused-ring (bicyclic) bond motifs is 10. The first-order valence-electron chi connectivity index (χ1n) is 41.5. The summed E-state index contributed by atoms with van der Waals surface area (Å²) in [5.74, 6) is 1.17. The molecule has 1 saturated heterocycles. The van der Waals surface area contributed by atoms with E-state index >= 15 is 0 Å². The van der Waals surface area contributed by atoms with Crippen LogP contribution < -0.4 is 119 Å². The number of amides is 10. The van der Waals surface area contributed by atoms with E-state index in [0.717, 1.165) is 175 Å². The summed E-state index contributed by atoms with van der Waals surface area (Å²) in [6.07, 6.45) is 7.21. The smallest absolute Gasteiger partial charge is 0.373 e. The fourth-order valence-corrected chi connectivity index (χ4v) is 16.6. The Kier molecular flexibility index (Phi) is 30.0. The molecule has 680 valence electrons. The number of nitrogens with one attached hydrogen (secondary N) is 8. The van der Waals surface area contributed by atoms with E-state index in [1.807, 2.05) is 135 Å². The molecule has 11 heterocycles. The summed E-state index contributed by atoms with van der Waals surface area (Å²) >= 11 is 9.22. The van der Waals surface area contributed by atoms with Crippen molar-refractivity contribution in [3.05, 3.63) is 246 Å². The Morgan fingerprint density at radius 2 is 0.750 bits per heavy atom. The molecule has 0 atom stereocenters. The van der Waals surface area contributed by atoms with E-state index in [2.05, 4.69) is 69.4 Å². The quantitative estimate of drug-likeness (QED) is 0.0731. The van der Waals surface area contributed by atoms with Gasteiger partial charge >= 0.3 is 6.15 Å². The van der Waals surface area contributed by atoms with E-state index in [1.54, 1.807) is 73.5 Å². The highest BCUT2D eigenvalue weighted by Crippen LogP contribution is 2.41. The van der Waals surface area contributed by atoms with Crippen molar-refractivity contribution in [3.63, 3.8) is 0 Å². The van der Waals surface area contributed by atoms with Crippen molar-refractivity contribution in [1.29, 1.82) is 0 Å². The van der Waals surface area contributed by atoms with Crippen LogP contribution in [0.25, 0.3) is 11.1 Å². The summed E-state index contributed by atoms with van der Waals surface area (Å²) in [5.41, 5.74) is 87.6. The molecule has 0 spiro atoms. The minimum Gasteiger partial charge on any atom is -0.496 e. The molecule has 0 radical (unpaired) electrons. The normalized spacial score (nSPS) is 14.5. The average molecular weight is 1870 g/mol. The molecule has 10 amide bonds. The molecule has 0 saturated carbocycles. The van der Waals surface area contributed by atoms with Gasteiger partial charge in [-0.05, 0) is 207 Å². The van der Waals surface area contributed by atoms with Gasteiger partial charge in [-0.15, -0.1) is 0 Å². The Labute approximate surface area is 772 Å². The lowest BCUT2D eigenvalue weighted by molar-refractivity contribution is -0.192. The third-order valence-electron chi connectivity index (χ3n) is 22.4. The van der Waals surface area contributed by atoms with Crippen molar-refractivity contribution >= 4 is 212 Å². The molecule has 34 nitrogen and oxygen atoms in total. The predicted octanol–water partition coefficient (Wildman–Crippen LogP) is 11.4. The summed E-state index contributed by atoms with van der Waals surface area (Å²) in [4.78, 5) is 133. The van der Waals surface area contributed by atoms with Gasteiger partial charge in [0.15, 0.2) is 0 Å². The zero-order valence-electron chi connectivity index (χ0n) is 72.7. The Morgan fingerprint density at radius 3 is 1.27 bits per heavy atom. The predicted molar refractivity (Wildman–Crippen MR) is 522 cm³/mol. The van der Waals surface area contributed by atoms with E-state index in [1.165, 1.54) is 12.8 Å². The highest BCUT2D eigenvalue weighted by molar-refractivity contribution is 9.10. The van der Waals surface area contributed by atoms with E-state index in [9.17, 15) is 47.9 Å². The van der Waals surface area contributed by atoms with E-state index in [4.69, 9.17) is 83.3 Å². The van der Waals surface area contributed by atoms with Crippen molar-refractivity contribution in [2.75, 3.05) is 149 Å². The second kappa shape index (κ2) is 41.8. The molecule has 0 bridgehead atoms. The molecule has 11 aliphatic rings. The van der Waals surface area contributed by atoms with Crippen molar-refractivity contribution < 1.29 is 62.3 Å². The summed E-state index contributed by atoms with van der Waals surface area (Å²) in [6, 6.07) is 52.4.